The number of aliphatic hydroxyl groups excluding tert-OH is 1. The summed E-state index contributed by atoms with van der Waals surface area (Å²) in [6.07, 6.45) is -0.357. The van der Waals surface area contributed by atoms with Crippen LogP contribution in [0, 0.1) is 12.3 Å². The maximum Gasteiger partial charge on any atom is 0.573 e. The minimum absolute atomic E-state index is 0.0702. The fraction of sp³-hybridized carbons (Fsp3) is 0.362. The molecule has 58 heavy (non-hydrogen) atoms. The highest BCUT2D eigenvalue weighted by molar-refractivity contribution is 7.14. The first-order valence-corrected chi connectivity index (χ1v) is 20.5. The summed E-state index contributed by atoms with van der Waals surface area (Å²) in [4.78, 5) is 31.7. The van der Waals surface area contributed by atoms with E-state index in [1.807, 2.05) is 81.4 Å². The largest absolute Gasteiger partial charge is 0.573 e. The highest BCUT2D eigenvalue weighted by Crippen LogP contribution is 2.59. The molecule has 1 amide bonds. The maximum atomic E-state index is 14.3. The number of benzene rings is 4. The number of hydrogen-bond acceptors (Lipinski definition) is 7. The summed E-state index contributed by atoms with van der Waals surface area (Å²) < 4.78 is 49.0. The van der Waals surface area contributed by atoms with Gasteiger partial charge in [-0.3, -0.25) is 4.79 Å². The molecular formula is C47H48F3NO6S. The van der Waals surface area contributed by atoms with Gasteiger partial charge in [0.1, 0.15) is 11.5 Å². The molecular weight excluding hydrogens is 764 g/mol. The summed E-state index contributed by atoms with van der Waals surface area (Å²) in [6.45, 7) is 5.82. The Labute approximate surface area is 340 Å². The van der Waals surface area contributed by atoms with Crippen molar-refractivity contribution in [2.45, 2.75) is 96.2 Å². The van der Waals surface area contributed by atoms with Gasteiger partial charge in [-0.15, -0.1) is 24.5 Å². The molecule has 11 heteroatoms. The molecule has 4 atom stereocenters. The molecule has 0 saturated heterocycles. The van der Waals surface area contributed by atoms with Gasteiger partial charge in [-0.2, -0.15) is 0 Å². The minimum atomic E-state index is -4.86. The third kappa shape index (κ3) is 9.17. The second kappa shape index (κ2) is 16.7. The van der Waals surface area contributed by atoms with Crippen LogP contribution in [-0.4, -0.2) is 51.6 Å². The van der Waals surface area contributed by atoms with Gasteiger partial charge in [-0.25, -0.2) is 4.79 Å². The van der Waals surface area contributed by atoms with Crippen molar-refractivity contribution in [3.63, 3.8) is 0 Å². The Balaban J connectivity index is 1.27. The Morgan fingerprint density at radius 1 is 0.897 bits per heavy atom. The quantitative estimate of drug-likeness (QED) is 0.120. The van der Waals surface area contributed by atoms with Crippen LogP contribution < -0.4 is 9.47 Å². The molecule has 4 unspecified atom stereocenters. The van der Waals surface area contributed by atoms with E-state index in [0.717, 1.165) is 32.3 Å². The number of aryl methyl sites for hydroxylation is 1. The first-order chi connectivity index (χ1) is 27.6. The lowest BCUT2D eigenvalue weighted by molar-refractivity contribution is -0.274. The second-order valence-corrected chi connectivity index (χ2v) is 17.4. The Bertz CT molecular complexity index is 2320. The van der Waals surface area contributed by atoms with Gasteiger partial charge in [0.25, 0.3) is 0 Å². The zero-order valence-electron chi connectivity index (χ0n) is 32.9. The summed E-state index contributed by atoms with van der Waals surface area (Å²) in [5.41, 5.74) is 1.52. The van der Waals surface area contributed by atoms with Crippen molar-refractivity contribution in [1.82, 2.24) is 4.90 Å². The predicted molar refractivity (Wildman–Crippen MR) is 219 cm³/mol. The summed E-state index contributed by atoms with van der Waals surface area (Å²) in [5, 5.41) is 25.9. The molecule has 1 aromatic heterocycles. The Morgan fingerprint density at radius 3 is 2.36 bits per heavy atom. The van der Waals surface area contributed by atoms with Crippen LogP contribution in [0.15, 0.2) is 109 Å². The number of carbonyl (C=O) groups is 2. The summed E-state index contributed by atoms with van der Waals surface area (Å²) in [7, 11) is 0. The van der Waals surface area contributed by atoms with E-state index in [0.29, 0.717) is 66.7 Å². The van der Waals surface area contributed by atoms with Gasteiger partial charge in [0.05, 0.1) is 23.1 Å². The van der Waals surface area contributed by atoms with Gasteiger partial charge in [0.2, 0.25) is 5.78 Å². The van der Waals surface area contributed by atoms with E-state index in [-0.39, 0.29) is 24.8 Å². The van der Waals surface area contributed by atoms with Crippen molar-refractivity contribution in [2.75, 3.05) is 6.54 Å². The molecule has 7 nitrogen and oxygen atoms in total. The molecule has 1 saturated carbocycles. The van der Waals surface area contributed by atoms with Crippen molar-refractivity contribution < 1.29 is 42.4 Å². The smallest absolute Gasteiger partial charge is 0.410 e. The van der Waals surface area contributed by atoms with Gasteiger partial charge in [-0.1, -0.05) is 73.2 Å². The number of fused-ring (bicyclic) bond motifs is 9. The third-order valence-electron chi connectivity index (χ3n) is 12.0. The highest BCUT2D eigenvalue weighted by atomic mass is 32.1. The fourth-order valence-electron chi connectivity index (χ4n) is 8.80. The Hall–Kier alpha value is -4.97. The number of allylic oxidation sites excluding steroid dienone is 2. The maximum absolute atomic E-state index is 14.3. The molecule has 0 aliphatic heterocycles. The van der Waals surface area contributed by atoms with Crippen LogP contribution in [0.25, 0.3) is 10.8 Å². The van der Waals surface area contributed by atoms with Crippen LogP contribution >= 0.6 is 11.3 Å². The lowest BCUT2D eigenvalue weighted by Gasteiger charge is -2.46. The number of carbonyl (C=O) groups excluding carboxylic acids is 2. The van der Waals surface area contributed by atoms with E-state index in [4.69, 9.17) is 4.74 Å². The normalized spacial score (nSPS) is 22.5. The van der Waals surface area contributed by atoms with Gasteiger partial charge in [0.15, 0.2) is 0 Å². The number of ketones is 1. The van der Waals surface area contributed by atoms with Gasteiger partial charge in [0, 0.05) is 22.4 Å². The molecule has 0 radical (unpaired) electrons. The van der Waals surface area contributed by atoms with Gasteiger partial charge >= 0.3 is 12.5 Å². The molecule has 304 valence electrons. The number of alkyl halides is 3. The number of nitrogens with zero attached hydrogens (tertiary/aromatic N) is 1. The molecule has 1 fully saturated rings. The number of hydrogen-bond donors (Lipinski definition) is 2. The summed E-state index contributed by atoms with van der Waals surface area (Å²) >= 11 is 1.43. The van der Waals surface area contributed by atoms with Crippen molar-refractivity contribution in [3.8, 4) is 11.5 Å². The molecule has 2 bridgehead atoms. The van der Waals surface area contributed by atoms with E-state index in [1.54, 1.807) is 12.1 Å². The van der Waals surface area contributed by atoms with Crippen LogP contribution in [0.1, 0.15) is 95.1 Å². The Morgan fingerprint density at radius 2 is 1.64 bits per heavy atom. The SMILES string of the molecule is CC1=CCCC2(C)C(CCC2(O)CN(Cc2ccc(OC(F)(F)F)cc2)C(=O)Oc2ccc3ccccc3c2)c2ccc(cc2C(=O)c2ccc(C)s2)CC(O)CC1. The zero-order chi connectivity index (χ0) is 41.2. The monoisotopic (exact) mass is 811 g/mol. The van der Waals surface area contributed by atoms with E-state index in [1.165, 1.54) is 40.5 Å². The number of thiophene rings is 1. The van der Waals surface area contributed by atoms with Crippen molar-refractivity contribution in [1.29, 1.82) is 0 Å². The molecule has 3 aliphatic carbocycles. The van der Waals surface area contributed by atoms with E-state index >= 15 is 0 Å². The van der Waals surface area contributed by atoms with Gasteiger partial charge in [-0.05, 0) is 135 Å². The highest BCUT2D eigenvalue weighted by Gasteiger charge is 2.58. The molecule has 0 spiro atoms. The lowest BCUT2D eigenvalue weighted by atomic mass is 9.64. The van der Waals surface area contributed by atoms with Crippen molar-refractivity contribution in [2.24, 2.45) is 5.41 Å². The lowest BCUT2D eigenvalue weighted by Crippen LogP contribution is -2.54. The van der Waals surface area contributed by atoms with Crippen LogP contribution in [0.2, 0.25) is 0 Å². The van der Waals surface area contributed by atoms with Crippen LogP contribution in [0.5, 0.6) is 11.5 Å². The van der Waals surface area contributed by atoms with E-state index < -0.39 is 35.3 Å². The standard InChI is InChI=1S/C47H48F3NO6S/c1-30-7-6-23-45(3)41(39-20-14-33(25-36(52)16-10-30)26-40(39)43(53)42-21-11-31(2)58-42)22-24-46(45,55)29-51(28-32-12-17-37(18-13-32)57-47(48,49)50)44(54)56-38-19-15-34-8-4-5-9-35(34)27-38/h4-5,7-9,11-15,17-21,26-27,36,41,52,55H,6,10,16,22-25,28-29H2,1-3H3. The molecule has 2 N–H and O–H groups in total. The average Bonchev–Trinajstić information content (AvgIpc) is 3.72. The fourth-order valence-corrected chi connectivity index (χ4v) is 9.62. The summed E-state index contributed by atoms with van der Waals surface area (Å²) in [6, 6.07) is 27.9. The minimum Gasteiger partial charge on any atom is -0.410 e. The van der Waals surface area contributed by atoms with E-state index in [2.05, 4.69) is 10.8 Å². The topological polar surface area (TPSA) is 96.3 Å². The molecule has 8 rings (SSSR count). The number of rotatable bonds is 8. The third-order valence-corrected chi connectivity index (χ3v) is 13.0. The zero-order valence-corrected chi connectivity index (χ0v) is 33.7. The first kappa shape index (κ1) is 41.2. The van der Waals surface area contributed by atoms with Crippen molar-refractivity contribution >= 4 is 34.0 Å². The number of ether oxygens (including phenoxy) is 2. The van der Waals surface area contributed by atoms with Gasteiger partial charge < -0.3 is 24.6 Å². The Kier molecular flexibility index (Phi) is 11.9. The average molecular weight is 812 g/mol. The number of amides is 1. The predicted octanol–water partition coefficient (Wildman–Crippen LogP) is 11.1. The summed E-state index contributed by atoms with van der Waals surface area (Å²) in [5.74, 6) is -0.479. The van der Waals surface area contributed by atoms with E-state index in [9.17, 15) is 33.0 Å². The van der Waals surface area contributed by atoms with Crippen LogP contribution in [-0.2, 0) is 13.0 Å². The van der Waals surface area contributed by atoms with Crippen LogP contribution in [0.3, 0.4) is 0 Å². The number of halogens is 3. The van der Waals surface area contributed by atoms with Crippen molar-refractivity contribution in [3.05, 3.63) is 141 Å². The molecule has 5 aromatic rings. The first-order valence-electron chi connectivity index (χ1n) is 19.7. The molecule has 1 heterocycles. The van der Waals surface area contributed by atoms with Crippen LogP contribution in [0.4, 0.5) is 18.0 Å². The molecule has 4 aromatic carbocycles. The second-order valence-electron chi connectivity index (χ2n) is 16.1. The molecule has 3 aliphatic rings. The number of aliphatic hydroxyl groups is 2.